The molecule has 3 heterocycles. The highest BCUT2D eigenvalue weighted by Gasteiger charge is 2.35. The van der Waals surface area contributed by atoms with Gasteiger partial charge in [-0.15, -0.1) is 11.3 Å². The second-order valence-electron chi connectivity index (χ2n) is 7.71. The first-order valence-corrected chi connectivity index (χ1v) is 13.5. The molecule has 1 amide bonds. The normalized spacial score (nSPS) is 14.3. The zero-order valence-electron chi connectivity index (χ0n) is 19.3. The van der Waals surface area contributed by atoms with Crippen LogP contribution in [0.25, 0.3) is 10.6 Å². The van der Waals surface area contributed by atoms with Crippen LogP contribution in [-0.4, -0.2) is 59.3 Å². The maximum absolute atomic E-state index is 13.0. The Kier molecular flexibility index (Phi) is 7.88. The predicted octanol–water partition coefficient (Wildman–Crippen LogP) is 2.81. The summed E-state index contributed by atoms with van der Waals surface area (Å²) in [6.07, 6.45) is 7.47. The van der Waals surface area contributed by atoms with E-state index in [1.165, 1.54) is 23.7 Å². The zero-order valence-corrected chi connectivity index (χ0v) is 20.9. The molecule has 0 aliphatic heterocycles. The van der Waals surface area contributed by atoms with E-state index < -0.39 is 22.0 Å². The molecule has 3 aromatic heterocycles. The van der Waals surface area contributed by atoms with Gasteiger partial charge in [-0.2, -0.15) is 0 Å². The molecule has 1 aliphatic rings. The average Bonchev–Trinajstić information content (AvgIpc) is 3.60. The number of nitrogens with zero attached hydrogens (tertiary/aromatic N) is 4. The quantitative estimate of drug-likeness (QED) is 0.369. The SMILES string of the molecule is CCOC[C@@H](NC(=O)c1ncc(-c2cncc(OCC)n2)s1)c1cc(NS(=O)(=O)C2CC2)ccn1. The fourth-order valence-electron chi connectivity index (χ4n) is 3.17. The number of rotatable bonds is 12. The van der Waals surface area contributed by atoms with Crippen molar-refractivity contribution >= 4 is 33.0 Å². The number of nitrogens with one attached hydrogen (secondary N) is 2. The summed E-state index contributed by atoms with van der Waals surface area (Å²) in [4.78, 5) is 30.7. The van der Waals surface area contributed by atoms with Crippen molar-refractivity contribution in [1.82, 2.24) is 25.3 Å². The van der Waals surface area contributed by atoms with Crippen molar-refractivity contribution in [3.8, 4) is 16.5 Å². The monoisotopic (exact) mass is 518 g/mol. The Hall–Kier alpha value is -3.16. The first-order chi connectivity index (χ1) is 16.9. The number of amides is 1. The second-order valence-corrected chi connectivity index (χ2v) is 10.7. The molecule has 0 radical (unpaired) electrons. The van der Waals surface area contributed by atoms with E-state index in [0.29, 0.717) is 53.9 Å². The van der Waals surface area contributed by atoms with Gasteiger partial charge in [-0.25, -0.2) is 18.4 Å². The summed E-state index contributed by atoms with van der Waals surface area (Å²) in [5, 5.41) is 2.77. The highest BCUT2D eigenvalue weighted by Crippen LogP contribution is 2.30. The van der Waals surface area contributed by atoms with E-state index in [9.17, 15) is 13.2 Å². The van der Waals surface area contributed by atoms with Crippen LogP contribution in [0.4, 0.5) is 5.69 Å². The third-order valence-electron chi connectivity index (χ3n) is 5.01. The number of hydrogen-bond acceptors (Lipinski definition) is 10. The Morgan fingerprint density at radius 2 is 2.03 bits per heavy atom. The van der Waals surface area contributed by atoms with Crippen molar-refractivity contribution in [2.24, 2.45) is 0 Å². The second kappa shape index (κ2) is 11.1. The summed E-state index contributed by atoms with van der Waals surface area (Å²) in [6, 6.07) is 2.57. The van der Waals surface area contributed by atoms with Gasteiger partial charge in [0.15, 0.2) is 5.01 Å². The predicted molar refractivity (Wildman–Crippen MR) is 131 cm³/mol. The molecular formula is C22H26N6O5S2. The highest BCUT2D eigenvalue weighted by molar-refractivity contribution is 7.93. The fraction of sp³-hybridized carbons (Fsp3) is 0.409. The maximum atomic E-state index is 13.0. The third-order valence-corrected chi connectivity index (χ3v) is 7.90. The number of pyridine rings is 1. The van der Waals surface area contributed by atoms with E-state index in [1.54, 1.807) is 24.5 Å². The molecule has 1 saturated carbocycles. The molecule has 0 aromatic carbocycles. The van der Waals surface area contributed by atoms with Gasteiger partial charge in [0.05, 0.1) is 53.2 Å². The Balaban J connectivity index is 1.50. The first-order valence-electron chi connectivity index (χ1n) is 11.2. The smallest absolute Gasteiger partial charge is 0.280 e. The lowest BCUT2D eigenvalue weighted by molar-refractivity contribution is 0.0853. The Morgan fingerprint density at radius 3 is 2.77 bits per heavy atom. The van der Waals surface area contributed by atoms with Crippen LogP contribution in [0.3, 0.4) is 0 Å². The summed E-state index contributed by atoms with van der Waals surface area (Å²) in [7, 11) is -3.42. The highest BCUT2D eigenvalue weighted by atomic mass is 32.2. The summed E-state index contributed by atoms with van der Waals surface area (Å²) < 4.78 is 38.1. The number of thiazole rings is 1. The molecule has 0 bridgehead atoms. The number of carbonyl (C=O) groups excluding carboxylic acids is 1. The van der Waals surface area contributed by atoms with Crippen LogP contribution in [0.5, 0.6) is 5.88 Å². The van der Waals surface area contributed by atoms with Gasteiger partial charge in [-0.05, 0) is 38.8 Å². The van der Waals surface area contributed by atoms with Crippen LogP contribution in [0.2, 0.25) is 0 Å². The van der Waals surface area contributed by atoms with E-state index in [1.807, 2.05) is 13.8 Å². The molecule has 1 atom stereocenters. The van der Waals surface area contributed by atoms with Crippen molar-refractivity contribution in [1.29, 1.82) is 0 Å². The van der Waals surface area contributed by atoms with Gasteiger partial charge in [0, 0.05) is 19.0 Å². The van der Waals surface area contributed by atoms with Crippen LogP contribution in [0.15, 0.2) is 36.9 Å². The molecule has 186 valence electrons. The number of carbonyl (C=O) groups is 1. The molecule has 4 rings (SSSR count). The Bertz CT molecular complexity index is 1280. The molecule has 2 N–H and O–H groups in total. The van der Waals surface area contributed by atoms with Crippen molar-refractivity contribution < 1.29 is 22.7 Å². The largest absolute Gasteiger partial charge is 0.477 e. The zero-order chi connectivity index (χ0) is 24.8. The fourth-order valence-corrected chi connectivity index (χ4v) is 5.32. The summed E-state index contributed by atoms with van der Waals surface area (Å²) in [6.45, 7) is 4.77. The number of ether oxygens (including phenoxy) is 2. The van der Waals surface area contributed by atoms with Crippen molar-refractivity contribution in [3.63, 3.8) is 0 Å². The molecule has 1 aliphatic carbocycles. The molecule has 0 saturated heterocycles. The number of aromatic nitrogens is 4. The van der Waals surface area contributed by atoms with Crippen LogP contribution in [0, 0.1) is 0 Å². The molecule has 35 heavy (non-hydrogen) atoms. The minimum Gasteiger partial charge on any atom is -0.477 e. The maximum Gasteiger partial charge on any atom is 0.280 e. The molecule has 0 unspecified atom stereocenters. The van der Waals surface area contributed by atoms with Gasteiger partial charge < -0.3 is 14.8 Å². The van der Waals surface area contributed by atoms with Gasteiger partial charge in [0.25, 0.3) is 5.91 Å². The summed E-state index contributed by atoms with van der Waals surface area (Å²) in [5.74, 6) is -0.0184. The standard InChI is InChI=1S/C22H26N6O5S2/c1-3-32-13-18(16-9-14(7-8-24-16)28-35(30,31)15-5-6-15)27-21(29)22-25-11-19(34-22)17-10-23-12-20(26-17)33-4-2/h7-12,15,18H,3-6,13H2,1-2H3,(H,24,28)(H,27,29)/t18-/m1/s1. The Labute approximate surface area is 207 Å². The first kappa shape index (κ1) is 24.9. The minimum absolute atomic E-state index is 0.161. The lowest BCUT2D eigenvalue weighted by Gasteiger charge is -2.18. The van der Waals surface area contributed by atoms with Crippen LogP contribution in [-0.2, 0) is 14.8 Å². The van der Waals surface area contributed by atoms with Gasteiger partial charge in [0.1, 0.15) is 5.69 Å². The van der Waals surface area contributed by atoms with E-state index >= 15 is 0 Å². The summed E-state index contributed by atoms with van der Waals surface area (Å²) in [5.41, 5.74) is 1.41. The number of sulfonamides is 1. The van der Waals surface area contributed by atoms with E-state index in [2.05, 4.69) is 30.0 Å². The van der Waals surface area contributed by atoms with Gasteiger partial charge in [-0.1, -0.05) is 0 Å². The van der Waals surface area contributed by atoms with Crippen molar-refractivity contribution in [2.75, 3.05) is 24.5 Å². The summed E-state index contributed by atoms with van der Waals surface area (Å²) >= 11 is 1.17. The van der Waals surface area contributed by atoms with Crippen LogP contribution in [0.1, 0.15) is 48.2 Å². The number of hydrogen-bond donors (Lipinski definition) is 2. The van der Waals surface area contributed by atoms with Crippen LogP contribution < -0.4 is 14.8 Å². The van der Waals surface area contributed by atoms with Gasteiger partial charge in [0.2, 0.25) is 15.9 Å². The third kappa shape index (κ3) is 6.50. The van der Waals surface area contributed by atoms with E-state index in [-0.39, 0.29) is 16.9 Å². The topological polar surface area (TPSA) is 145 Å². The molecule has 11 nitrogen and oxygen atoms in total. The molecular weight excluding hydrogens is 492 g/mol. The minimum atomic E-state index is -3.42. The lowest BCUT2D eigenvalue weighted by Crippen LogP contribution is -2.32. The molecule has 1 fully saturated rings. The van der Waals surface area contributed by atoms with Crippen molar-refractivity contribution in [2.45, 2.75) is 38.0 Å². The molecule has 13 heteroatoms. The Morgan fingerprint density at radius 1 is 1.20 bits per heavy atom. The average molecular weight is 519 g/mol. The van der Waals surface area contributed by atoms with Crippen molar-refractivity contribution in [3.05, 3.63) is 47.6 Å². The molecule has 3 aromatic rings. The molecule has 0 spiro atoms. The number of anilines is 1. The van der Waals surface area contributed by atoms with Gasteiger partial charge >= 0.3 is 0 Å². The lowest BCUT2D eigenvalue weighted by atomic mass is 10.2. The van der Waals surface area contributed by atoms with Gasteiger partial charge in [-0.3, -0.25) is 19.5 Å². The van der Waals surface area contributed by atoms with Crippen LogP contribution >= 0.6 is 11.3 Å². The van der Waals surface area contributed by atoms with E-state index in [4.69, 9.17) is 9.47 Å². The van der Waals surface area contributed by atoms with E-state index in [0.717, 1.165) is 0 Å².